The number of nitrogens with zero attached hydrogens (tertiary/aromatic N) is 4. The Morgan fingerprint density at radius 1 is 1.15 bits per heavy atom. The summed E-state index contributed by atoms with van der Waals surface area (Å²) in [5, 5.41) is 9.84. The van der Waals surface area contributed by atoms with E-state index in [2.05, 4.69) is 6.07 Å². The summed E-state index contributed by atoms with van der Waals surface area (Å²) in [5.41, 5.74) is 0.857. The van der Waals surface area contributed by atoms with Gasteiger partial charge in [-0.3, -0.25) is 14.2 Å². The van der Waals surface area contributed by atoms with E-state index in [1.54, 1.807) is 69.6 Å². The lowest BCUT2D eigenvalue weighted by molar-refractivity contribution is 0.0831. The average molecular weight is 475 g/mol. The molecule has 34 heavy (non-hydrogen) atoms. The van der Waals surface area contributed by atoms with Crippen molar-refractivity contribution in [3.63, 3.8) is 0 Å². The van der Waals surface area contributed by atoms with Crippen molar-refractivity contribution >= 4 is 27.5 Å². The van der Waals surface area contributed by atoms with Crippen LogP contribution in [-0.2, 0) is 6.54 Å². The first-order valence-electron chi connectivity index (χ1n) is 10.4. The maximum atomic E-state index is 13.7. The zero-order valence-electron chi connectivity index (χ0n) is 19.2. The normalized spacial score (nSPS) is 10.8. The number of amides is 1. The number of rotatable bonds is 5. The Balaban J connectivity index is 2.11. The van der Waals surface area contributed by atoms with Gasteiger partial charge in [0.2, 0.25) is 0 Å². The maximum absolute atomic E-state index is 13.7. The van der Waals surface area contributed by atoms with Crippen LogP contribution in [0.2, 0.25) is 0 Å². The van der Waals surface area contributed by atoms with Crippen molar-refractivity contribution in [3.05, 3.63) is 90.9 Å². The van der Waals surface area contributed by atoms with Crippen LogP contribution in [0.25, 0.3) is 15.9 Å². The van der Waals surface area contributed by atoms with Gasteiger partial charge in [-0.25, -0.2) is 9.36 Å². The van der Waals surface area contributed by atoms with E-state index in [-0.39, 0.29) is 12.5 Å². The molecule has 0 unspecified atom stereocenters. The molecule has 2 aromatic heterocycles. The van der Waals surface area contributed by atoms with Crippen molar-refractivity contribution in [1.29, 1.82) is 5.26 Å². The number of ether oxygens (including phenoxy) is 1. The smallest absolute Gasteiger partial charge is 0.337 e. The van der Waals surface area contributed by atoms with E-state index in [0.29, 0.717) is 43.2 Å². The fourth-order valence-electron chi connectivity index (χ4n) is 3.81. The molecule has 0 N–H and O–H groups in total. The van der Waals surface area contributed by atoms with Gasteiger partial charge < -0.3 is 9.64 Å². The van der Waals surface area contributed by atoms with Crippen LogP contribution in [0.15, 0.2) is 58.1 Å². The number of nitriles is 1. The highest BCUT2D eigenvalue weighted by molar-refractivity contribution is 7.20. The third-order valence-electron chi connectivity index (χ3n) is 5.59. The third-order valence-corrected chi connectivity index (χ3v) is 6.89. The predicted molar refractivity (Wildman–Crippen MR) is 131 cm³/mol. The summed E-state index contributed by atoms with van der Waals surface area (Å²) in [6.45, 7) is 1.78. The molecule has 0 aliphatic heterocycles. The second kappa shape index (κ2) is 9.00. The van der Waals surface area contributed by atoms with E-state index in [1.165, 1.54) is 16.6 Å². The third kappa shape index (κ3) is 3.78. The number of carbonyl (C=O) groups excluding carboxylic acids is 1. The summed E-state index contributed by atoms with van der Waals surface area (Å²) >= 11 is 1.11. The fraction of sp³-hybridized carbons (Fsp3) is 0.200. The van der Waals surface area contributed by atoms with Crippen molar-refractivity contribution in [2.45, 2.75) is 13.5 Å². The Hall–Kier alpha value is -4.16. The molecule has 0 spiro atoms. The molecular formula is C25H22N4O4S. The predicted octanol–water partition coefficient (Wildman–Crippen LogP) is 3.15. The van der Waals surface area contributed by atoms with Gasteiger partial charge in [-0.05, 0) is 36.2 Å². The van der Waals surface area contributed by atoms with Gasteiger partial charge in [0, 0.05) is 20.2 Å². The largest absolute Gasteiger partial charge is 0.497 e. The monoisotopic (exact) mass is 474 g/mol. The molecule has 0 saturated heterocycles. The van der Waals surface area contributed by atoms with E-state index in [4.69, 9.17) is 4.74 Å². The molecule has 4 aromatic rings. The molecule has 4 rings (SSSR count). The van der Waals surface area contributed by atoms with Crippen molar-refractivity contribution in [3.8, 4) is 17.5 Å². The highest BCUT2D eigenvalue weighted by Gasteiger charge is 2.25. The minimum Gasteiger partial charge on any atom is -0.497 e. The molecule has 0 radical (unpaired) electrons. The first kappa shape index (κ1) is 23.0. The average Bonchev–Trinajstić information content (AvgIpc) is 3.18. The van der Waals surface area contributed by atoms with Gasteiger partial charge in [-0.1, -0.05) is 24.3 Å². The highest BCUT2D eigenvalue weighted by atomic mass is 32.1. The van der Waals surface area contributed by atoms with Crippen LogP contribution in [0, 0.1) is 18.3 Å². The molecule has 0 saturated carbocycles. The molecular weight excluding hydrogens is 452 g/mol. The van der Waals surface area contributed by atoms with Crippen molar-refractivity contribution < 1.29 is 9.53 Å². The summed E-state index contributed by atoms with van der Waals surface area (Å²) in [5.74, 6) is 0.248. The summed E-state index contributed by atoms with van der Waals surface area (Å²) in [4.78, 5) is 42.4. The number of carbonyl (C=O) groups is 1. The van der Waals surface area contributed by atoms with Crippen LogP contribution < -0.4 is 16.0 Å². The minimum atomic E-state index is -0.566. The summed E-state index contributed by atoms with van der Waals surface area (Å²) in [7, 11) is 4.78. The van der Waals surface area contributed by atoms with Gasteiger partial charge in [0.25, 0.3) is 11.5 Å². The number of methoxy groups -OCH3 is 1. The van der Waals surface area contributed by atoms with Crippen molar-refractivity contribution in [1.82, 2.24) is 14.0 Å². The van der Waals surface area contributed by atoms with E-state index < -0.39 is 11.2 Å². The molecule has 0 bridgehead atoms. The maximum Gasteiger partial charge on any atom is 0.337 e. The fourth-order valence-corrected chi connectivity index (χ4v) is 5.12. The summed E-state index contributed by atoms with van der Waals surface area (Å²) < 4.78 is 7.82. The number of thiophene rings is 1. The molecule has 0 fully saturated rings. The van der Waals surface area contributed by atoms with Gasteiger partial charge in [0.05, 0.1) is 41.2 Å². The topological polar surface area (TPSA) is 97.3 Å². The van der Waals surface area contributed by atoms with Gasteiger partial charge >= 0.3 is 5.69 Å². The number of aromatic nitrogens is 2. The lowest BCUT2D eigenvalue weighted by Crippen LogP contribution is -2.39. The van der Waals surface area contributed by atoms with Crippen LogP contribution >= 0.6 is 11.3 Å². The number of hydrogen-bond donors (Lipinski definition) is 0. The Bertz CT molecular complexity index is 1590. The molecule has 172 valence electrons. The Kier molecular flexibility index (Phi) is 6.09. The van der Waals surface area contributed by atoms with E-state index in [1.807, 2.05) is 0 Å². The van der Waals surface area contributed by atoms with Crippen molar-refractivity contribution in [2.75, 3.05) is 21.2 Å². The standard InChI is InChI=1S/C25H22N4O4S/c1-15-20-22(30)29(18-10-7-11-19(12-18)33-4)25(32)28(14-17-9-6-5-8-16(17)13-26)24(20)34-21(15)23(31)27(2)3/h5-12H,14H2,1-4H3. The number of hydrogen-bond acceptors (Lipinski definition) is 6. The molecule has 0 atom stereocenters. The lowest BCUT2D eigenvalue weighted by atomic mass is 10.1. The quantitative estimate of drug-likeness (QED) is 0.443. The van der Waals surface area contributed by atoms with Crippen LogP contribution in [0.4, 0.5) is 0 Å². The number of aryl methyl sites for hydroxylation is 1. The number of benzene rings is 2. The number of fused-ring (bicyclic) bond motifs is 1. The van der Waals surface area contributed by atoms with Crippen LogP contribution in [0.5, 0.6) is 5.75 Å². The Morgan fingerprint density at radius 2 is 1.88 bits per heavy atom. The van der Waals surface area contributed by atoms with E-state index >= 15 is 0 Å². The summed E-state index contributed by atoms with van der Waals surface area (Å²) in [6, 6.07) is 15.8. The molecule has 1 amide bonds. The Morgan fingerprint density at radius 3 is 2.56 bits per heavy atom. The summed E-state index contributed by atoms with van der Waals surface area (Å²) in [6.07, 6.45) is 0. The molecule has 2 aromatic carbocycles. The van der Waals surface area contributed by atoms with E-state index in [9.17, 15) is 19.6 Å². The molecule has 0 aliphatic rings. The second-order valence-corrected chi connectivity index (χ2v) is 8.91. The zero-order chi connectivity index (χ0) is 24.6. The van der Waals surface area contributed by atoms with Crippen molar-refractivity contribution in [2.24, 2.45) is 0 Å². The SMILES string of the molecule is COc1cccc(-n2c(=O)c3c(C)c(C(=O)N(C)C)sc3n(Cc3ccccc3C#N)c2=O)c1. The molecule has 2 heterocycles. The van der Waals surface area contributed by atoms with Gasteiger partial charge in [0.1, 0.15) is 10.6 Å². The van der Waals surface area contributed by atoms with Crippen LogP contribution in [0.3, 0.4) is 0 Å². The van der Waals surface area contributed by atoms with E-state index in [0.717, 1.165) is 15.9 Å². The van der Waals surface area contributed by atoms with Gasteiger partial charge in [0.15, 0.2) is 0 Å². The second-order valence-electron chi connectivity index (χ2n) is 7.92. The molecule has 8 nitrogen and oxygen atoms in total. The Labute approximate surface area is 199 Å². The first-order chi connectivity index (χ1) is 16.3. The molecule has 9 heteroatoms. The molecule has 0 aliphatic carbocycles. The first-order valence-corrected chi connectivity index (χ1v) is 11.2. The lowest BCUT2D eigenvalue weighted by Gasteiger charge is -2.13. The minimum absolute atomic E-state index is 0.0683. The van der Waals surface area contributed by atoms with Gasteiger partial charge in [-0.15, -0.1) is 11.3 Å². The van der Waals surface area contributed by atoms with Gasteiger partial charge in [-0.2, -0.15) is 5.26 Å². The van der Waals surface area contributed by atoms with Crippen LogP contribution in [-0.4, -0.2) is 41.1 Å². The van der Waals surface area contributed by atoms with Crippen LogP contribution in [0.1, 0.15) is 26.4 Å². The highest BCUT2D eigenvalue weighted by Crippen LogP contribution is 2.30. The zero-order valence-corrected chi connectivity index (χ0v) is 20.0.